The van der Waals surface area contributed by atoms with Crippen LogP contribution in [0.5, 0.6) is 11.5 Å². The minimum absolute atomic E-state index is 0.373. The largest absolute Gasteiger partial charge is 0.496 e. The Labute approximate surface area is 120 Å². The zero-order valence-corrected chi connectivity index (χ0v) is 12.4. The number of nitrogen functional groups attached to an aromatic ring is 1. The molecule has 0 radical (unpaired) electrons. The number of aromatic nitrogens is 1. The molecule has 2 rings (SSSR count). The van der Waals surface area contributed by atoms with Crippen molar-refractivity contribution in [3.05, 3.63) is 46.1 Å². The lowest BCUT2D eigenvalue weighted by atomic mass is 10.2. The van der Waals surface area contributed by atoms with E-state index >= 15 is 0 Å². The molecule has 19 heavy (non-hydrogen) atoms. The molecule has 0 aliphatic carbocycles. The molecule has 4 nitrogen and oxygen atoms in total. The molecule has 1 aromatic carbocycles. The fourth-order valence-electron chi connectivity index (χ4n) is 1.70. The molecule has 1 aromatic heterocycles. The number of ether oxygens (including phenoxy) is 2. The van der Waals surface area contributed by atoms with Crippen LogP contribution in [0, 0.1) is 6.92 Å². The highest BCUT2D eigenvalue weighted by molar-refractivity contribution is 9.10. The number of nitrogens with two attached hydrogens (primary N) is 1. The lowest BCUT2D eigenvalue weighted by Gasteiger charge is -2.12. The van der Waals surface area contributed by atoms with Gasteiger partial charge in [0.05, 0.1) is 7.11 Å². The van der Waals surface area contributed by atoms with Crippen LogP contribution in [0.25, 0.3) is 0 Å². The fourth-order valence-corrected chi connectivity index (χ4v) is 2.11. The molecule has 0 saturated heterocycles. The van der Waals surface area contributed by atoms with Crippen molar-refractivity contribution in [3.8, 4) is 11.5 Å². The lowest BCUT2D eigenvalue weighted by molar-refractivity contribution is 0.297. The van der Waals surface area contributed by atoms with Gasteiger partial charge in [-0.05, 0) is 37.3 Å². The van der Waals surface area contributed by atoms with E-state index in [1.54, 1.807) is 7.11 Å². The van der Waals surface area contributed by atoms with Crippen LogP contribution in [0.1, 0.15) is 11.3 Å². The van der Waals surface area contributed by atoms with Crippen molar-refractivity contribution >= 4 is 21.7 Å². The molecule has 2 N–H and O–H groups in total. The molecule has 0 aliphatic heterocycles. The molecule has 0 amide bonds. The van der Waals surface area contributed by atoms with Gasteiger partial charge in [0, 0.05) is 15.7 Å². The third-order valence-corrected chi connectivity index (χ3v) is 3.14. The number of benzene rings is 1. The van der Waals surface area contributed by atoms with Crippen molar-refractivity contribution in [2.24, 2.45) is 0 Å². The van der Waals surface area contributed by atoms with Crippen molar-refractivity contribution in [3.63, 3.8) is 0 Å². The predicted molar refractivity (Wildman–Crippen MR) is 78.4 cm³/mol. The van der Waals surface area contributed by atoms with Gasteiger partial charge in [-0.3, -0.25) is 0 Å². The normalized spacial score (nSPS) is 10.3. The molecule has 0 bridgehead atoms. The molecule has 0 spiro atoms. The Bertz CT molecular complexity index is 588. The van der Waals surface area contributed by atoms with Crippen molar-refractivity contribution in [1.82, 2.24) is 4.98 Å². The van der Waals surface area contributed by atoms with Gasteiger partial charge >= 0.3 is 0 Å². The SMILES string of the molecule is COc1ccc(Br)cc1COc1ccc(C)nc1N. The summed E-state index contributed by atoms with van der Waals surface area (Å²) in [4.78, 5) is 4.16. The van der Waals surface area contributed by atoms with Crippen molar-refractivity contribution in [1.29, 1.82) is 0 Å². The van der Waals surface area contributed by atoms with Crippen LogP contribution in [-0.4, -0.2) is 12.1 Å². The molecular weight excluding hydrogens is 308 g/mol. The van der Waals surface area contributed by atoms with Gasteiger partial charge in [-0.1, -0.05) is 15.9 Å². The number of halogens is 1. The van der Waals surface area contributed by atoms with Crippen molar-refractivity contribution in [2.75, 3.05) is 12.8 Å². The van der Waals surface area contributed by atoms with E-state index in [4.69, 9.17) is 15.2 Å². The Morgan fingerprint density at radius 2 is 1.95 bits per heavy atom. The van der Waals surface area contributed by atoms with Crippen LogP contribution in [0.15, 0.2) is 34.8 Å². The molecule has 0 fully saturated rings. The molecule has 0 unspecified atom stereocenters. The number of pyridine rings is 1. The van der Waals surface area contributed by atoms with E-state index in [1.807, 2.05) is 37.3 Å². The summed E-state index contributed by atoms with van der Waals surface area (Å²) in [6, 6.07) is 9.45. The van der Waals surface area contributed by atoms with Crippen LogP contribution in [-0.2, 0) is 6.61 Å². The predicted octanol–water partition coefficient (Wildman–Crippen LogP) is 3.32. The molecule has 5 heteroatoms. The third-order valence-electron chi connectivity index (χ3n) is 2.65. The molecule has 0 atom stereocenters. The quantitative estimate of drug-likeness (QED) is 0.938. The first-order valence-corrected chi connectivity index (χ1v) is 6.58. The number of anilines is 1. The monoisotopic (exact) mass is 322 g/mol. The minimum Gasteiger partial charge on any atom is -0.496 e. The maximum absolute atomic E-state index is 5.81. The first-order chi connectivity index (χ1) is 9.10. The summed E-state index contributed by atoms with van der Waals surface area (Å²) in [5.74, 6) is 1.75. The van der Waals surface area contributed by atoms with E-state index in [1.165, 1.54) is 0 Å². The highest BCUT2D eigenvalue weighted by Crippen LogP contribution is 2.26. The zero-order valence-electron chi connectivity index (χ0n) is 10.8. The number of hydrogen-bond acceptors (Lipinski definition) is 4. The average Bonchev–Trinajstić information content (AvgIpc) is 2.38. The minimum atomic E-state index is 0.373. The van der Waals surface area contributed by atoms with Gasteiger partial charge in [0.1, 0.15) is 12.4 Å². The first-order valence-electron chi connectivity index (χ1n) is 5.78. The van der Waals surface area contributed by atoms with Gasteiger partial charge < -0.3 is 15.2 Å². The molecule has 2 aromatic rings. The summed E-state index contributed by atoms with van der Waals surface area (Å²) in [6.45, 7) is 2.26. The summed E-state index contributed by atoms with van der Waals surface area (Å²) in [5, 5.41) is 0. The van der Waals surface area contributed by atoms with E-state index < -0.39 is 0 Å². The molecule has 1 heterocycles. The number of aryl methyl sites for hydroxylation is 1. The number of rotatable bonds is 4. The van der Waals surface area contributed by atoms with E-state index in [-0.39, 0.29) is 0 Å². The smallest absolute Gasteiger partial charge is 0.166 e. The second kappa shape index (κ2) is 5.93. The van der Waals surface area contributed by atoms with Gasteiger partial charge in [-0.25, -0.2) is 4.98 Å². The van der Waals surface area contributed by atoms with Crippen molar-refractivity contribution < 1.29 is 9.47 Å². The highest BCUT2D eigenvalue weighted by Gasteiger charge is 2.07. The summed E-state index contributed by atoms with van der Waals surface area (Å²) in [5.41, 5.74) is 7.62. The molecular formula is C14H15BrN2O2. The van der Waals surface area contributed by atoms with Crippen molar-refractivity contribution in [2.45, 2.75) is 13.5 Å². The van der Waals surface area contributed by atoms with Gasteiger partial charge in [0.15, 0.2) is 11.6 Å². The van der Waals surface area contributed by atoms with E-state index in [9.17, 15) is 0 Å². The Balaban J connectivity index is 2.16. The van der Waals surface area contributed by atoms with E-state index in [0.29, 0.717) is 18.2 Å². The Morgan fingerprint density at radius 1 is 1.21 bits per heavy atom. The van der Waals surface area contributed by atoms with E-state index in [2.05, 4.69) is 20.9 Å². The Morgan fingerprint density at radius 3 is 2.63 bits per heavy atom. The van der Waals surface area contributed by atoms with E-state index in [0.717, 1.165) is 21.5 Å². The van der Waals surface area contributed by atoms with Crippen LogP contribution < -0.4 is 15.2 Å². The number of nitrogens with zero attached hydrogens (tertiary/aromatic N) is 1. The summed E-state index contributed by atoms with van der Waals surface area (Å²) >= 11 is 3.43. The van der Waals surface area contributed by atoms with Gasteiger partial charge in [0.2, 0.25) is 0 Å². The lowest BCUT2D eigenvalue weighted by Crippen LogP contribution is -2.02. The van der Waals surface area contributed by atoms with Gasteiger partial charge in [-0.2, -0.15) is 0 Å². The molecule has 100 valence electrons. The Kier molecular flexibility index (Phi) is 4.27. The maximum atomic E-state index is 5.81. The second-order valence-electron chi connectivity index (χ2n) is 4.08. The second-order valence-corrected chi connectivity index (χ2v) is 5.00. The standard InChI is InChI=1S/C14H15BrN2O2/c1-9-3-5-13(14(16)17-9)19-8-10-7-11(15)4-6-12(10)18-2/h3-7H,8H2,1-2H3,(H2,16,17). The molecule has 0 saturated carbocycles. The third kappa shape index (κ3) is 3.38. The Hall–Kier alpha value is -1.75. The topological polar surface area (TPSA) is 57.4 Å². The number of methoxy groups -OCH3 is 1. The highest BCUT2D eigenvalue weighted by atomic mass is 79.9. The van der Waals surface area contributed by atoms with Gasteiger partial charge in [0.25, 0.3) is 0 Å². The summed E-state index contributed by atoms with van der Waals surface area (Å²) in [7, 11) is 1.63. The fraction of sp³-hybridized carbons (Fsp3) is 0.214. The average molecular weight is 323 g/mol. The van der Waals surface area contributed by atoms with Crippen LogP contribution in [0.4, 0.5) is 5.82 Å². The van der Waals surface area contributed by atoms with Crippen LogP contribution in [0.3, 0.4) is 0 Å². The first kappa shape index (κ1) is 13.7. The van der Waals surface area contributed by atoms with Gasteiger partial charge in [-0.15, -0.1) is 0 Å². The molecule has 0 aliphatic rings. The maximum Gasteiger partial charge on any atom is 0.166 e. The summed E-state index contributed by atoms with van der Waals surface area (Å²) < 4.78 is 12.0. The zero-order chi connectivity index (χ0) is 13.8. The van der Waals surface area contributed by atoms with Crippen LogP contribution in [0.2, 0.25) is 0 Å². The number of hydrogen-bond donors (Lipinski definition) is 1. The summed E-state index contributed by atoms with van der Waals surface area (Å²) in [6.07, 6.45) is 0. The van der Waals surface area contributed by atoms with Crippen LogP contribution >= 0.6 is 15.9 Å².